The van der Waals surface area contributed by atoms with Gasteiger partial charge in [-0.1, -0.05) is 30.3 Å². The minimum absolute atomic E-state index is 0.121. The molecular weight excluding hydrogens is 192 g/mol. The van der Waals surface area contributed by atoms with Crippen molar-refractivity contribution in [2.24, 2.45) is 0 Å². The van der Waals surface area contributed by atoms with Gasteiger partial charge in [0.25, 0.3) is 5.78 Å². The first-order valence-electron chi connectivity index (χ1n) is 4.84. The lowest BCUT2D eigenvalue weighted by atomic mass is 9.82. The van der Waals surface area contributed by atoms with Crippen LogP contribution in [-0.2, 0) is 14.4 Å². The molecule has 76 valence electrons. The van der Waals surface area contributed by atoms with Crippen molar-refractivity contribution in [3.05, 3.63) is 35.9 Å². The maximum atomic E-state index is 11.2. The Bertz CT molecular complexity index is 400. The fraction of sp³-hybridized carbons (Fsp3) is 0.250. The molecule has 1 fully saturated rings. The average molecular weight is 202 g/mol. The van der Waals surface area contributed by atoms with Gasteiger partial charge in [0.1, 0.15) is 0 Å². The van der Waals surface area contributed by atoms with Gasteiger partial charge in [0.15, 0.2) is 0 Å². The monoisotopic (exact) mass is 202 g/mol. The summed E-state index contributed by atoms with van der Waals surface area (Å²) in [7, 11) is 0. The molecule has 1 aliphatic carbocycles. The van der Waals surface area contributed by atoms with E-state index in [0.29, 0.717) is 0 Å². The Morgan fingerprint density at radius 2 is 1.40 bits per heavy atom. The zero-order chi connectivity index (χ0) is 10.8. The van der Waals surface area contributed by atoms with E-state index in [1.807, 2.05) is 30.3 Å². The van der Waals surface area contributed by atoms with E-state index in [2.05, 4.69) is 0 Å². The highest BCUT2D eigenvalue weighted by Gasteiger charge is 2.33. The number of Topliss-reactive ketones (excluding diaryl/α,β-unsaturated/α-hetero) is 3. The van der Waals surface area contributed by atoms with Gasteiger partial charge in [0.05, 0.1) is 0 Å². The van der Waals surface area contributed by atoms with Crippen LogP contribution in [0.5, 0.6) is 0 Å². The minimum Gasteiger partial charge on any atom is -0.290 e. The smallest absolute Gasteiger partial charge is 0.264 e. The van der Waals surface area contributed by atoms with Crippen molar-refractivity contribution in [1.29, 1.82) is 0 Å². The lowest BCUT2D eigenvalue weighted by Crippen LogP contribution is -2.32. The molecule has 1 aliphatic rings. The zero-order valence-corrected chi connectivity index (χ0v) is 8.10. The van der Waals surface area contributed by atoms with Crippen LogP contribution in [0.1, 0.15) is 24.3 Å². The fourth-order valence-corrected chi connectivity index (χ4v) is 1.82. The van der Waals surface area contributed by atoms with Crippen LogP contribution < -0.4 is 0 Å². The molecular formula is C12H10O3. The van der Waals surface area contributed by atoms with E-state index in [0.717, 1.165) is 5.56 Å². The number of carbonyl (C=O) groups excluding carboxylic acids is 3. The molecule has 0 amide bonds. The van der Waals surface area contributed by atoms with Crippen LogP contribution in [0.25, 0.3) is 0 Å². The van der Waals surface area contributed by atoms with E-state index >= 15 is 0 Å². The number of hydrogen-bond acceptors (Lipinski definition) is 3. The van der Waals surface area contributed by atoms with Crippen molar-refractivity contribution >= 4 is 17.3 Å². The van der Waals surface area contributed by atoms with E-state index in [-0.39, 0.29) is 18.8 Å². The molecule has 0 atom stereocenters. The molecule has 0 bridgehead atoms. The predicted molar refractivity (Wildman–Crippen MR) is 53.4 cm³/mol. The second-order valence-electron chi connectivity index (χ2n) is 3.69. The Labute approximate surface area is 87.1 Å². The molecule has 2 rings (SSSR count). The van der Waals surface area contributed by atoms with E-state index in [9.17, 15) is 14.4 Å². The van der Waals surface area contributed by atoms with Gasteiger partial charge in [0.2, 0.25) is 11.6 Å². The van der Waals surface area contributed by atoms with Gasteiger partial charge in [-0.15, -0.1) is 0 Å². The van der Waals surface area contributed by atoms with E-state index in [1.165, 1.54) is 0 Å². The second-order valence-corrected chi connectivity index (χ2v) is 3.69. The first-order valence-corrected chi connectivity index (χ1v) is 4.84. The first kappa shape index (κ1) is 9.77. The summed E-state index contributed by atoms with van der Waals surface area (Å²) in [4.78, 5) is 33.4. The fourth-order valence-electron chi connectivity index (χ4n) is 1.82. The standard InChI is InChI=1S/C12H10O3/c13-10-6-9(7-11(14)12(10)15)8-4-2-1-3-5-8/h1-5,9H,6-7H2. The molecule has 0 aromatic heterocycles. The largest absolute Gasteiger partial charge is 0.290 e. The second kappa shape index (κ2) is 3.77. The van der Waals surface area contributed by atoms with Crippen molar-refractivity contribution in [2.45, 2.75) is 18.8 Å². The molecule has 0 aliphatic heterocycles. The maximum absolute atomic E-state index is 11.2. The van der Waals surface area contributed by atoms with Crippen LogP contribution in [-0.4, -0.2) is 17.3 Å². The molecule has 0 radical (unpaired) electrons. The normalized spacial score (nSPS) is 18.3. The molecule has 3 nitrogen and oxygen atoms in total. The summed E-state index contributed by atoms with van der Waals surface area (Å²) in [6.07, 6.45) is 0.323. The first-order chi connectivity index (χ1) is 7.18. The van der Waals surface area contributed by atoms with Crippen LogP contribution in [0.2, 0.25) is 0 Å². The Kier molecular flexibility index (Phi) is 2.46. The van der Waals surface area contributed by atoms with Crippen molar-refractivity contribution in [2.75, 3.05) is 0 Å². The van der Waals surface area contributed by atoms with Crippen molar-refractivity contribution < 1.29 is 14.4 Å². The van der Waals surface area contributed by atoms with Crippen LogP contribution in [0, 0.1) is 0 Å². The zero-order valence-electron chi connectivity index (χ0n) is 8.10. The van der Waals surface area contributed by atoms with E-state index < -0.39 is 17.3 Å². The number of ketones is 3. The lowest BCUT2D eigenvalue weighted by Gasteiger charge is -2.18. The summed E-state index contributed by atoms with van der Waals surface area (Å²) >= 11 is 0. The molecule has 15 heavy (non-hydrogen) atoms. The van der Waals surface area contributed by atoms with Crippen LogP contribution in [0.3, 0.4) is 0 Å². The van der Waals surface area contributed by atoms with Crippen LogP contribution in [0.4, 0.5) is 0 Å². The van der Waals surface area contributed by atoms with Gasteiger partial charge >= 0.3 is 0 Å². The van der Waals surface area contributed by atoms with E-state index in [1.54, 1.807) is 0 Å². The SMILES string of the molecule is O=C1CC(c2ccccc2)CC(=O)C1=O. The molecule has 0 saturated heterocycles. The molecule has 1 saturated carbocycles. The van der Waals surface area contributed by atoms with Crippen molar-refractivity contribution in [3.63, 3.8) is 0 Å². The molecule has 0 unspecified atom stereocenters. The number of rotatable bonds is 1. The highest BCUT2D eigenvalue weighted by Crippen LogP contribution is 2.27. The number of benzene rings is 1. The van der Waals surface area contributed by atoms with Gasteiger partial charge in [0, 0.05) is 12.8 Å². The third-order valence-corrected chi connectivity index (χ3v) is 2.64. The topological polar surface area (TPSA) is 51.2 Å². The van der Waals surface area contributed by atoms with Crippen LogP contribution >= 0.6 is 0 Å². The Hall–Kier alpha value is -1.77. The Morgan fingerprint density at radius 3 is 1.93 bits per heavy atom. The van der Waals surface area contributed by atoms with Gasteiger partial charge in [-0.05, 0) is 11.5 Å². The summed E-state index contributed by atoms with van der Waals surface area (Å²) < 4.78 is 0. The van der Waals surface area contributed by atoms with Gasteiger partial charge in [-0.2, -0.15) is 0 Å². The summed E-state index contributed by atoms with van der Waals surface area (Å²) in [5.74, 6) is -2.06. The van der Waals surface area contributed by atoms with Gasteiger partial charge in [-0.25, -0.2) is 0 Å². The van der Waals surface area contributed by atoms with Crippen LogP contribution in [0.15, 0.2) is 30.3 Å². The third-order valence-electron chi connectivity index (χ3n) is 2.64. The summed E-state index contributed by atoms with van der Waals surface area (Å²) in [5.41, 5.74) is 0.951. The summed E-state index contributed by atoms with van der Waals surface area (Å²) in [5, 5.41) is 0. The molecule has 0 N–H and O–H groups in total. The maximum Gasteiger partial charge on any atom is 0.264 e. The van der Waals surface area contributed by atoms with Gasteiger partial charge in [-0.3, -0.25) is 14.4 Å². The molecule has 3 heteroatoms. The summed E-state index contributed by atoms with van der Waals surface area (Å²) in [6, 6.07) is 9.35. The predicted octanol–water partition coefficient (Wildman–Crippen LogP) is 1.27. The lowest BCUT2D eigenvalue weighted by molar-refractivity contribution is -0.146. The molecule has 0 heterocycles. The molecule has 1 aromatic carbocycles. The number of carbonyl (C=O) groups is 3. The molecule has 1 aromatic rings. The molecule has 0 spiro atoms. The van der Waals surface area contributed by atoms with Crippen molar-refractivity contribution in [3.8, 4) is 0 Å². The van der Waals surface area contributed by atoms with E-state index in [4.69, 9.17) is 0 Å². The van der Waals surface area contributed by atoms with Crippen molar-refractivity contribution in [1.82, 2.24) is 0 Å². The highest BCUT2D eigenvalue weighted by molar-refractivity contribution is 6.64. The minimum atomic E-state index is -0.831. The van der Waals surface area contributed by atoms with Gasteiger partial charge < -0.3 is 0 Å². The Balaban J connectivity index is 2.23. The highest BCUT2D eigenvalue weighted by atomic mass is 16.2. The number of hydrogen-bond donors (Lipinski definition) is 0. The summed E-state index contributed by atoms with van der Waals surface area (Å²) in [6.45, 7) is 0. The average Bonchev–Trinajstić information content (AvgIpc) is 2.26. The quantitative estimate of drug-likeness (QED) is 0.644. The Morgan fingerprint density at radius 1 is 0.867 bits per heavy atom. The third kappa shape index (κ3) is 1.86.